The molecule has 0 aromatic rings. The molecule has 0 bridgehead atoms. The van der Waals surface area contributed by atoms with Crippen molar-refractivity contribution in [3.63, 3.8) is 0 Å². The fourth-order valence-corrected chi connectivity index (χ4v) is 2.53. The second-order valence-corrected chi connectivity index (χ2v) is 6.40. The van der Waals surface area contributed by atoms with Crippen molar-refractivity contribution in [3.05, 3.63) is 0 Å². The van der Waals surface area contributed by atoms with E-state index in [1.165, 1.54) is 7.05 Å². The molecule has 2 atom stereocenters. The predicted molar refractivity (Wildman–Crippen MR) is 48.9 cm³/mol. The number of hydrogen-bond donors (Lipinski definition) is 1. The third kappa shape index (κ3) is 3.61. The second-order valence-electron chi connectivity index (χ2n) is 1.42. The summed E-state index contributed by atoms with van der Waals surface area (Å²) in [6.45, 7) is -1.36. The molecule has 0 spiro atoms. The van der Waals surface area contributed by atoms with Crippen LogP contribution in [-0.2, 0) is 12.2 Å². The summed E-state index contributed by atoms with van der Waals surface area (Å²) in [6, 6.07) is 0. The maximum atomic E-state index is 9.09. The van der Waals surface area contributed by atoms with Crippen LogP contribution in [0.1, 0.15) is 0 Å². The molecule has 0 aromatic heterocycles. The average molecular weight is 240 g/mol. The number of aliphatic hydroxyl groups is 1. The van der Waals surface area contributed by atoms with E-state index in [4.69, 9.17) is 52.2 Å². The minimum atomic E-state index is -1.72. The number of halogens is 3. The Labute approximate surface area is 80.5 Å². The van der Waals surface area contributed by atoms with Crippen molar-refractivity contribution in [3.8, 4) is 0 Å². The van der Waals surface area contributed by atoms with Gasteiger partial charge in [0.1, 0.15) is 6.92 Å². The molecule has 0 aliphatic rings. The SMILES string of the molecule is CN=[P+]([S-])C(O)C(Cl)(Cl)Cl. The largest absolute Gasteiger partial charge is 0.466 e. The standard InChI is InChI=1S/C3H5Cl3NOPS/c1-7-9(10)2(8)3(4,5)6/h2,8H,1H3. The molecule has 0 saturated carbocycles. The molecule has 0 rings (SSSR count). The lowest BCUT2D eigenvalue weighted by molar-refractivity contribution is 0.265. The van der Waals surface area contributed by atoms with Gasteiger partial charge in [-0.1, -0.05) is 34.8 Å². The predicted octanol–water partition coefficient (Wildman–Crippen LogP) is 2.43. The highest BCUT2D eigenvalue weighted by atomic mass is 35.6. The summed E-state index contributed by atoms with van der Waals surface area (Å²) in [5.74, 6) is -1.16. The maximum Gasteiger partial charge on any atom is 0.259 e. The molecule has 0 fully saturated rings. The smallest absolute Gasteiger partial charge is 0.259 e. The third-order valence-corrected chi connectivity index (χ3v) is 4.06. The molecule has 0 heterocycles. The van der Waals surface area contributed by atoms with Gasteiger partial charge >= 0.3 is 0 Å². The first-order valence-corrected chi connectivity index (χ1v) is 5.71. The second kappa shape index (κ2) is 4.34. The fraction of sp³-hybridized carbons (Fsp3) is 1.00. The molecule has 10 heavy (non-hydrogen) atoms. The van der Waals surface area contributed by atoms with E-state index < -0.39 is 16.6 Å². The van der Waals surface area contributed by atoms with Gasteiger partial charge in [0.2, 0.25) is 0 Å². The minimum absolute atomic E-state index is 1.16. The van der Waals surface area contributed by atoms with Crippen LogP contribution in [0.5, 0.6) is 0 Å². The van der Waals surface area contributed by atoms with Gasteiger partial charge in [-0.3, -0.25) is 0 Å². The van der Waals surface area contributed by atoms with E-state index in [1.807, 2.05) is 0 Å². The van der Waals surface area contributed by atoms with Crippen LogP contribution in [0.25, 0.3) is 0 Å². The minimum Gasteiger partial charge on any atom is -0.466 e. The highest BCUT2D eigenvalue weighted by Gasteiger charge is 2.37. The molecule has 0 aliphatic heterocycles. The van der Waals surface area contributed by atoms with Gasteiger partial charge in [-0.25, -0.2) is 0 Å². The monoisotopic (exact) mass is 239 g/mol. The van der Waals surface area contributed by atoms with Crippen LogP contribution in [0.15, 0.2) is 4.74 Å². The maximum absolute atomic E-state index is 9.09. The van der Waals surface area contributed by atoms with Gasteiger partial charge in [-0.2, -0.15) is 0 Å². The molecule has 0 aliphatic carbocycles. The van der Waals surface area contributed by atoms with Gasteiger partial charge in [0.05, 0.1) is 7.05 Å². The van der Waals surface area contributed by atoms with E-state index in [0.29, 0.717) is 0 Å². The zero-order valence-electron chi connectivity index (χ0n) is 4.96. The molecule has 1 N–H and O–H groups in total. The number of rotatable bonds is 1. The zero-order valence-corrected chi connectivity index (χ0v) is 8.94. The Hall–Kier alpha value is 1.28. The van der Waals surface area contributed by atoms with E-state index in [1.54, 1.807) is 0 Å². The van der Waals surface area contributed by atoms with Crippen LogP contribution >= 0.6 is 41.7 Å². The number of aliphatic hydroxyl groups excluding tert-OH is 1. The highest BCUT2D eigenvalue weighted by Crippen LogP contribution is 2.43. The number of alkyl halides is 3. The first-order valence-electron chi connectivity index (χ1n) is 2.20. The van der Waals surface area contributed by atoms with E-state index in [0.717, 1.165) is 0 Å². The van der Waals surface area contributed by atoms with Crippen molar-refractivity contribution in [1.29, 1.82) is 0 Å². The van der Waals surface area contributed by atoms with Crippen molar-refractivity contribution < 1.29 is 5.11 Å². The first kappa shape index (κ1) is 11.3. The highest BCUT2D eigenvalue weighted by molar-refractivity contribution is 8.29. The van der Waals surface area contributed by atoms with E-state index in [-0.39, 0.29) is 0 Å². The van der Waals surface area contributed by atoms with E-state index in [9.17, 15) is 0 Å². The van der Waals surface area contributed by atoms with E-state index >= 15 is 0 Å². The summed E-state index contributed by atoms with van der Waals surface area (Å²) in [5, 5.41) is 9.09. The molecule has 2 nitrogen and oxygen atoms in total. The van der Waals surface area contributed by atoms with Gasteiger partial charge in [-0.05, 0) is 0 Å². The fourth-order valence-electron chi connectivity index (χ4n) is 0.235. The Morgan fingerprint density at radius 2 is 2.00 bits per heavy atom. The molecule has 60 valence electrons. The molecule has 0 aromatic carbocycles. The van der Waals surface area contributed by atoms with Gasteiger partial charge in [0, 0.05) is 0 Å². The molecular formula is C3H5Cl3NOPS. The van der Waals surface area contributed by atoms with Crippen LogP contribution < -0.4 is 0 Å². The van der Waals surface area contributed by atoms with Crippen LogP contribution in [0.2, 0.25) is 0 Å². The van der Waals surface area contributed by atoms with Crippen molar-refractivity contribution in [2.24, 2.45) is 4.74 Å². The van der Waals surface area contributed by atoms with Gasteiger partial charge < -0.3 is 17.4 Å². The summed E-state index contributed by atoms with van der Waals surface area (Å²) in [4.78, 5) is 0. The molecule has 0 radical (unpaired) electrons. The summed E-state index contributed by atoms with van der Waals surface area (Å²) in [7, 11) is 1.48. The third-order valence-electron chi connectivity index (χ3n) is 0.699. The summed E-state index contributed by atoms with van der Waals surface area (Å²) < 4.78 is 1.92. The van der Waals surface area contributed by atoms with E-state index in [2.05, 4.69) is 4.74 Å². The van der Waals surface area contributed by atoms with Crippen molar-refractivity contribution in [2.75, 3.05) is 7.05 Å². The lowest BCUT2D eigenvalue weighted by atomic mass is 10.8. The Morgan fingerprint density at radius 3 is 2.10 bits per heavy atom. The van der Waals surface area contributed by atoms with Gasteiger partial charge in [-0.15, -0.1) is 4.74 Å². The van der Waals surface area contributed by atoms with Crippen LogP contribution in [0.4, 0.5) is 0 Å². The van der Waals surface area contributed by atoms with Crippen LogP contribution in [-0.4, -0.2) is 21.8 Å². The normalized spacial score (nSPS) is 17.2. The average Bonchev–Trinajstić information content (AvgIpc) is 1.83. The van der Waals surface area contributed by atoms with Crippen LogP contribution in [0.3, 0.4) is 0 Å². The van der Waals surface area contributed by atoms with Gasteiger partial charge in [0.25, 0.3) is 9.64 Å². The van der Waals surface area contributed by atoms with Crippen molar-refractivity contribution in [2.45, 2.75) is 9.64 Å². The molecule has 7 heteroatoms. The molecule has 2 unspecified atom stereocenters. The quantitative estimate of drug-likeness (QED) is 0.434. The van der Waals surface area contributed by atoms with Crippen LogP contribution in [0, 0.1) is 0 Å². The number of nitrogens with zero attached hydrogens (tertiary/aromatic N) is 1. The lowest BCUT2D eigenvalue weighted by Gasteiger charge is -2.13. The molecule has 0 saturated heterocycles. The summed E-state index contributed by atoms with van der Waals surface area (Å²) in [5.41, 5.74) is 0. The Morgan fingerprint density at radius 1 is 1.60 bits per heavy atom. The topological polar surface area (TPSA) is 32.6 Å². The lowest BCUT2D eigenvalue weighted by Crippen LogP contribution is -2.20. The zero-order chi connectivity index (χ0) is 8.36. The van der Waals surface area contributed by atoms with Crippen molar-refractivity contribution in [1.82, 2.24) is 0 Å². The Balaban J connectivity index is 4.23. The Bertz CT molecular complexity index is 147. The number of hydrogen-bond acceptors (Lipinski definition) is 3. The summed E-state index contributed by atoms with van der Waals surface area (Å²) in [6.07, 6.45) is 0. The van der Waals surface area contributed by atoms with Gasteiger partial charge in [0.15, 0.2) is 0 Å². The molecular weight excluding hydrogens is 235 g/mol. The molecule has 0 amide bonds. The first-order chi connectivity index (χ1) is 4.39. The van der Waals surface area contributed by atoms with Crippen molar-refractivity contribution >= 4 is 54.0 Å². The Kier molecular flexibility index (Phi) is 4.90. The summed E-state index contributed by atoms with van der Waals surface area (Å²) >= 11 is 20.7.